The van der Waals surface area contributed by atoms with Crippen molar-refractivity contribution in [2.24, 2.45) is 0 Å². The third-order valence-corrected chi connectivity index (χ3v) is 2.28. The normalized spacial score (nSPS) is 15.1. The summed E-state index contributed by atoms with van der Waals surface area (Å²) >= 11 is 0. The van der Waals surface area contributed by atoms with Crippen LogP contribution < -0.4 is 0 Å². The summed E-state index contributed by atoms with van der Waals surface area (Å²) in [5.41, 5.74) is 0. The van der Waals surface area contributed by atoms with E-state index >= 15 is 0 Å². The van der Waals surface area contributed by atoms with Gasteiger partial charge >= 0.3 is 0 Å². The Morgan fingerprint density at radius 2 is 1.92 bits per heavy atom. The second-order valence-corrected chi connectivity index (χ2v) is 4.26. The minimum absolute atomic E-state index is 0. The Labute approximate surface area is 88.2 Å². The van der Waals surface area contributed by atoms with Crippen molar-refractivity contribution in [3.8, 4) is 0 Å². The molecule has 0 aliphatic rings. The zero-order valence-electron chi connectivity index (χ0n) is 7.90. The number of carbonyl (C=O) groups excluding carboxylic acids is 1. The third-order valence-electron chi connectivity index (χ3n) is 1.59. The van der Waals surface area contributed by atoms with Crippen LogP contribution in [0.5, 0.6) is 0 Å². The summed E-state index contributed by atoms with van der Waals surface area (Å²) in [6.07, 6.45) is 1.54. The average molecular weight is 228 g/mol. The molecule has 0 aromatic carbocycles. The van der Waals surface area contributed by atoms with E-state index in [-0.39, 0.29) is 36.1 Å². The fourth-order valence-corrected chi connectivity index (χ4v) is 1.25. The van der Waals surface area contributed by atoms with Gasteiger partial charge in [0.05, 0.1) is 11.8 Å². The van der Waals surface area contributed by atoms with Crippen LogP contribution in [0.4, 0.5) is 0 Å². The van der Waals surface area contributed by atoms with Crippen molar-refractivity contribution in [1.82, 2.24) is 4.90 Å². The van der Waals surface area contributed by atoms with Gasteiger partial charge in [-0.05, 0) is 21.0 Å². The zero-order chi connectivity index (χ0) is 9.02. The molecule has 0 heterocycles. The standard InChI is InChI=1S/C7H15NO2S.V/c1-6(8(2)3)7(9)5-11(4)10;/h6H,5H2,1-4H3;. The number of hydrogen-bond donors (Lipinski definition) is 0. The minimum atomic E-state index is -1.01. The molecule has 2 unspecified atom stereocenters. The monoisotopic (exact) mass is 228 g/mol. The molecule has 12 heavy (non-hydrogen) atoms. The third kappa shape index (κ3) is 5.95. The van der Waals surface area contributed by atoms with Gasteiger partial charge in [0.15, 0.2) is 5.78 Å². The first kappa shape index (κ1) is 14.9. The van der Waals surface area contributed by atoms with Gasteiger partial charge in [-0.2, -0.15) is 0 Å². The second kappa shape index (κ2) is 6.83. The largest absolute Gasteiger partial charge is 0.300 e. The molecule has 0 amide bonds. The molecule has 0 spiro atoms. The van der Waals surface area contributed by atoms with E-state index in [1.54, 1.807) is 6.26 Å². The molecule has 0 aliphatic carbocycles. The SMILES string of the molecule is CC(C(=O)CS(C)=O)N(C)C.[V]. The van der Waals surface area contributed by atoms with E-state index in [1.165, 1.54) is 0 Å². The van der Waals surface area contributed by atoms with E-state index in [1.807, 2.05) is 25.9 Å². The van der Waals surface area contributed by atoms with Crippen molar-refractivity contribution in [3.05, 3.63) is 0 Å². The summed E-state index contributed by atoms with van der Waals surface area (Å²) in [6, 6.07) is -0.126. The zero-order valence-corrected chi connectivity index (χ0v) is 10.1. The summed E-state index contributed by atoms with van der Waals surface area (Å²) < 4.78 is 10.7. The average Bonchev–Trinajstić information content (AvgIpc) is 1.84. The molecule has 0 aromatic rings. The molecule has 0 rings (SSSR count). The van der Waals surface area contributed by atoms with E-state index in [0.29, 0.717) is 0 Å². The van der Waals surface area contributed by atoms with Crippen LogP contribution in [0.2, 0.25) is 0 Å². The van der Waals surface area contributed by atoms with Crippen molar-refractivity contribution in [3.63, 3.8) is 0 Å². The van der Waals surface area contributed by atoms with Crippen molar-refractivity contribution < 1.29 is 27.6 Å². The van der Waals surface area contributed by atoms with Gasteiger partial charge in [0, 0.05) is 35.6 Å². The van der Waals surface area contributed by atoms with Gasteiger partial charge < -0.3 is 0 Å². The topological polar surface area (TPSA) is 37.4 Å². The molecule has 3 nitrogen and oxygen atoms in total. The molecule has 0 saturated carbocycles. The number of carbonyl (C=O) groups is 1. The van der Waals surface area contributed by atoms with E-state index in [9.17, 15) is 9.00 Å². The Morgan fingerprint density at radius 3 is 2.17 bits per heavy atom. The molecule has 71 valence electrons. The number of Topliss-reactive ketones (excluding diaryl/α,β-unsaturated/α-hetero) is 1. The van der Waals surface area contributed by atoms with Gasteiger partial charge in [-0.25, -0.2) is 0 Å². The van der Waals surface area contributed by atoms with Crippen molar-refractivity contribution in [1.29, 1.82) is 0 Å². The smallest absolute Gasteiger partial charge is 0.162 e. The van der Waals surface area contributed by atoms with Crippen LogP contribution in [0.25, 0.3) is 0 Å². The van der Waals surface area contributed by atoms with Gasteiger partial charge in [0.25, 0.3) is 0 Å². The fraction of sp³-hybridized carbons (Fsp3) is 0.857. The van der Waals surface area contributed by atoms with Crippen LogP contribution in [-0.2, 0) is 34.1 Å². The summed E-state index contributed by atoms with van der Waals surface area (Å²) in [6.45, 7) is 1.81. The molecule has 0 aromatic heterocycles. The second-order valence-electron chi connectivity index (χ2n) is 2.82. The number of ketones is 1. The Hall–Kier alpha value is 0.364. The molecule has 1 radical (unpaired) electrons. The Balaban J connectivity index is 0. The molecular formula is C7H15NO2SV. The maximum Gasteiger partial charge on any atom is 0.162 e. The predicted molar refractivity (Wildman–Crippen MR) is 47.1 cm³/mol. The molecule has 0 N–H and O–H groups in total. The van der Waals surface area contributed by atoms with Crippen molar-refractivity contribution in [2.75, 3.05) is 26.1 Å². The van der Waals surface area contributed by atoms with Crippen LogP contribution in [0, 0.1) is 0 Å². The maximum atomic E-state index is 11.2. The van der Waals surface area contributed by atoms with Gasteiger partial charge in [0.2, 0.25) is 0 Å². The summed E-state index contributed by atoms with van der Waals surface area (Å²) in [4.78, 5) is 13.0. The maximum absolute atomic E-state index is 11.2. The number of hydrogen-bond acceptors (Lipinski definition) is 3. The van der Waals surface area contributed by atoms with E-state index in [0.717, 1.165) is 0 Å². The number of rotatable bonds is 4. The first-order valence-corrected chi connectivity index (χ1v) is 5.17. The fourth-order valence-electron chi connectivity index (χ4n) is 0.609. The first-order valence-electron chi connectivity index (χ1n) is 3.44. The van der Waals surface area contributed by atoms with Crippen molar-refractivity contribution in [2.45, 2.75) is 13.0 Å². The van der Waals surface area contributed by atoms with E-state index < -0.39 is 10.8 Å². The quantitative estimate of drug-likeness (QED) is 0.673. The van der Waals surface area contributed by atoms with Crippen LogP contribution in [-0.4, -0.2) is 47.0 Å². The van der Waals surface area contributed by atoms with Crippen LogP contribution >= 0.6 is 0 Å². The van der Waals surface area contributed by atoms with Gasteiger partial charge in [-0.15, -0.1) is 0 Å². The van der Waals surface area contributed by atoms with Gasteiger partial charge in [-0.1, -0.05) is 0 Å². The van der Waals surface area contributed by atoms with Crippen LogP contribution in [0.3, 0.4) is 0 Å². The summed E-state index contributed by atoms with van der Waals surface area (Å²) in [5, 5.41) is 0. The van der Waals surface area contributed by atoms with Gasteiger partial charge in [-0.3, -0.25) is 13.9 Å². The molecule has 0 fully saturated rings. The number of nitrogens with zero attached hydrogens (tertiary/aromatic N) is 1. The molecule has 5 heteroatoms. The van der Waals surface area contributed by atoms with E-state index in [2.05, 4.69) is 0 Å². The van der Waals surface area contributed by atoms with Crippen molar-refractivity contribution >= 4 is 16.6 Å². The molecule has 0 bridgehead atoms. The summed E-state index contributed by atoms with van der Waals surface area (Å²) in [7, 11) is 2.66. The molecule has 0 saturated heterocycles. The van der Waals surface area contributed by atoms with Crippen LogP contribution in [0.15, 0.2) is 0 Å². The van der Waals surface area contributed by atoms with Gasteiger partial charge in [0.1, 0.15) is 0 Å². The number of likely N-dealkylation sites (N-methyl/N-ethyl adjacent to an activating group) is 1. The Kier molecular flexibility index (Phi) is 8.47. The molecule has 2 atom stereocenters. The van der Waals surface area contributed by atoms with E-state index in [4.69, 9.17) is 0 Å². The summed E-state index contributed by atoms with van der Waals surface area (Å²) in [5.74, 6) is 0.204. The Bertz CT molecular complexity index is 173. The Morgan fingerprint density at radius 1 is 1.50 bits per heavy atom. The molecular weight excluding hydrogens is 213 g/mol. The first-order chi connectivity index (χ1) is 4.95. The van der Waals surface area contributed by atoms with Crippen LogP contribution in [0.1, 0.15) is 6.92 Å². The predicted octanol–water partition coefficient (Wildman–Crippen LogP) is -0.118. The molecule has 0 aliphatic heterocycles. The minimum Gasteiger partial charge on any atom is -0.300 e.